The predicted octanol–water partition coefficient (Wildman–Crippen LogP) is 3.75. The van der Waals surface area contributed by atoms with E-state index in [4.69, 9.17) is 34.2 Å². The SMILES string of the molecule is CCc1cc(OC(=O)OC)cc(O[C@@H]2S[C@H](COC(C)=O)[C@@H](OC(C)=O)[C@H](OC(C)=O)[C@H]2OC(C)=O)c1Cc1ccc(N)cc1. The minimum atomic E-state index is -1.33. The van der Waals surface area contributed by atoms with Crippen LogP contribution in [0.1, 0.15) is 51.3 Å². The molecule has 45 heavy (non-hydrogen) atoms. The summed E-state index contributed by atoms with van der Waals surface area (Å²) < 4.78 is 38.5. The average molecular weight is 648 g/mol. The quantitative estimate of drug-likeness (QED) is 0.161. The Bertz CT molecular complexity index is 1400. The molecule has 244 valence electrons. The van der Waals surface area contributed by atoms with Gasteiger partial charge >= 0.3 is 30.0 Å². The van der Waals surface area contributed by atoms with Crippen LogP contribution in [0.4, 0.5) is 10.5 Å². The maximum Gasteiger partial charge on any atom is 0.513 e. The highest BCUT2D eigenvalue weighted by atomic mass is 32.2. The van der Waals surface area contributed by atoms with E-state index in [0.29, 0.717) is 18.5 Å². The monoisotopic (exact) mass is 647 g/mol. The third-order valence-electron chi connectivity index (χ3n) is 6.58. The number of esters is 4. The number of hydrogen-bond acceptors (Lipinski definition) is 14. The zero-order valence-corrected chi connectivity index (χ0v) is 26.7. The molecule has 0 radical (unpaired) electrons. The first kappa shape index (κ1) is 35.0. The van der Waals surface area contributed by atoms with Crippen molar-refractivity contribution in [2.75, 3.05) is 19.5 Å². The Labute approximate surface area is 264 Å². The molecule has 1 saturated heterocycles. The van der Waals surface area contributed by atoms with Gasteiger partial charge in [0, 0.05) is 51.4 Å². The van der Waals surface area contributed by atoms with Gasteiger partial charge < -0.3 is 38.9 Å². The second kappa shape index (κ2) is 16.0. The van der Waals surface area contributed by atoms with E-state index < -0.39 is 59.0 Å². The molecular formula is C31H37NO12S. The highest BCUT2D eigenvalue weighted by Gasteiger charge is 2.53. The molecule has 0 amide bonds. The normalized spacial score (nSPS) is 20.7. The summed E-state index contributed by atoms with van der Waals surface area (Å²) in [5.74, 6) is -2.35. The van der Waals surface area contributed by atoms with E-state index in [2.05, 4.69) is 4.74 Å². The fraction of sp³-hybridized carbons (Fsp3) is 0.452. The van der Waals surface area contributed by atoms with E-state index in [1.807, 2.05) is 19.1 Å². The zero-order valence-electron chi connectivity index (χ0n) is 25.9. The third kappa shape index (κ3) is 10.0. The van der Waals surface area contributed by atoms with E-state index in [0.717, 1.165) is 35.4 Å². The van der Waals surface area contributed by atoms with Crippen molar-refractivity contribution >= 4 is 47.5 Å². The fourth-order valence-corrected chi connectivity index (χ4v) is 6.12. The molecule has 3 rings (SSSR count). The lowest BCUT2D eigenvalue weighted by Gasteiger charge is -2.43. The highest BCUT2D eigenvalue weighted by Crippen LogP contribution is 2.41. The Hall–Kier alpha value is -4.46. The number of benzene rings is 2. The van der Waals surface area contributed by atoms with Crippen molar-refractivity contribution in [2.24, 2.45) is 0 Å². The van der Waals surface area contributed by atoms with Gasteiger partial charge in [0.05, 0.1) is 12.4 Å². The van der Waals surface area contributed by atoms with E-state index in [1.54, 1.807) is 18.2 Å². The van der Waals surface area contributed by atoms with Crippen LogP contribution < -0.4 is 15.2 Å². The number of nitrogen functional groups attached to an aromatic ring is 1. The molecule has 0 aromatic heterocycles. The molecule has 0 spiro atoms. The molecule has 1 aliphatic rings. The van der Waals surface area contributed by atoms with Crippen LogP contribution in [0.15, 0.2) is 36.4 Å². The minimum absolute atomic E-state index is 0.130. The molecule has 0 saturated carbocycles. The Balaban J connectivity index is 2.17. The van der Waals surface area contributed by atoms with Crippen LogP contribution in [0.2, 0.25) is 0 Å². The Kier molecular flexibility index (Phi) is 12.5. The second-order valence-corrected chi connectivity index (χ2v) is 11.4. The van der Waals surface area contributed by atoms with Crippen molar-refractivity contribution < 1.29 is 57.1 Å². The molecule has 1 heterocycles. The summed E-state index contributed by atoms with van der Waals surface area (Å²) in [6, 6.07) is 10.4. The van der Waals surface area contributed by atoms with Crippen molar-refractivity contribution in [3.8, 4) is 11.5 Å². The summed E-state index contributed by atoms with van der Waals surface area (Å²) in [4.78, 5) is 60.4. The lowest BCUT2D eigenvalue weighted by molar-refractivity contribution is -0.190. The fourth-order valence-electron chi connectivity index (χ4n) is 4.74. The smallest absolute Gasteiger partial charge is 0.475 e. The van der Waals surface area contributed by atoms with Gasteiger partial charge in [-0.3, -0.25) is 19.2 Å². The van der Waals surface area contributed by atoms with Gasteiger partial charge in [-0.25, -0.2) is 4.79 Å². The van der Waals surface area contributed by atoms with Gasteiger partial charge in [-0.15, -0.1) is 11.8 Å². The molecular weight excluding hydrogens is 610 g/mol. The van der Waals surface area contributed by atoms with E-state index in [9.17, 15) is 24.0 Å². The van der Waals surface area contributed by atoms with Crippen LogP contribution >= 0.6 is 11.8 Å². The summed E-state index contributed by atoms with van der Waals surface area (Å²) in [7, 11) is 1.18. The minimum Gasteiger partial charge on any atom is -0.475 e. The molecule has 1 fully saturated rings. The lowest BCUT2D eigenvalue weighted by atomic mass is 9.96. The predicted molar refractivity (Wildman–Crippen MR) is 162 cm³/mol. The Morgan fingerprint density at radius 1 is 0.822 bits per heavy atom. The maximum absolute atomic E-state index is 12.3. The van der Waals surface area contributed by atoms with Crippen LogP contribution in [0, 0.1) is 0 Å². The zero-order chi connectivity index (χ0) is 33.3. The summed E-state index contributed by atoms with van der Waals surface area (Å²) in [5, 5.41) is -0.806. The molecule has 2 aromatic carbocycles. The number of rotatable bonds is 11. The standard InChI is InChI=1S/C31H37NO12S/c1-7-21-13-23(43-31(37)38-6)14-25(24(21)12-20-8-10-22(32)11-9-20)44-30-29(42-19(5)36)28(41-18(4)35)27(40-17(3)34)26(45-30)15-39-16(2)33/h8-11,13-14,26-30H,7,12,15,32H2,1-6H3/t26-,27-,28+,29-,30-/m1/s1. The molecule has 2 aromatic rings. The highest BCUT2D eigenvalue weighted by molar-refractivity contribution is 8.00. The van der Waals surface area contributed by atoms with Crippen molar-refractivity contribution in [3.63, 3.8) is 0 Å². The molecule has 2 N–H and O–H groups in total. The number of aryl methyl sites for hydroxylation is 1. The number of hydrogen-bond donors (Lipinski definition) is 1. The number of ether oxygens (including phenoxy) is 7. The van der Waals surface area contributed by atoms with Gasteiger partial charge in [-0.2, -0.15) is 0 Å². The summed E-state index contributed by atoms with van der Waals surface area (Å²) in [6.07, 6.45) is -3.83. The van der Waals surface area contributed by atoms with Crippen molar-refractivity contribution in [1.82, 2.24) is 0 Å². The van der Waals surface area contributed by atoms with Crippen molar-refractivity contribution in [1.29, 1.82) is 0 Å². The number of carbonyl (C=O) groups excluding carboxylic acids is 5. The van der Waals surface area contributed by atoms with Crippen molar-refractivity contribution in [2.45, 2.75) is 76.5 Å². The Morgan fingerprint density at radius 2 is 1.42 bits per heavy atom. The molecule has 13 nitrogen and oxygen atoms in total. The van der Waals surface area contributed by atoms with Crippen LogP contribution in [0.25, 0.3) is 0 Å². The number of anilines is 1. The second-order valence-electron chi connectivity index (χ2n) is 10.1. The molecule has 1 aliphatic heterocycles. The number of thioether (sulfide) groups is 1. The first-order valence-electron chi connectivity index (χ1n) is 14.0. The van der Waals surface area contributed by atoms with Crippen LogP contribution in [-0.4, -0.2) is 72.7 Å². The van der Waals surface area contributed by atoms with Gasteiger partial charge in [0.15, 0.2) is 23.7 Å². The number of nitrogens with two attached hydrogens (primary N) is 1. The summed E-state index contributed by atoms with van der Waals surface area (Å²) in [5.41, 5.74) is 7.79. The van der Waals surface area contributed by atoms with Gasteiger partial charge in [-0.05, 0) is 35.7 Å². The molecule has 5 atom stereocenters. The van der Waals surface area contributed by atoms with Crippen molar-refractivity contribution in [3.05, 3.63) is 53.1 Å². The first-order valence-corrected chi connectivity index (χ1v) is 15.0. The summed E-state index contributed by atoms with van der Waals surface area (Å²) in [6.45, 7) is 6.39. The van der Waals surface area contributed by atoms with Crippen LogP contribution in [0.3, 0.4) is 0 Å². The number of carbonyl (C=O) groups is 5. The van der Waals surface area contributed by atoms with E-state index >= 15 is 0 Å². The van der Waals surface area contributed by atoms with Gasteiger partial charge in [0.1, 0.15) is 18.1 Å². The van der Waals surface area contributed by atoms with Gasteiger partial charge in [0.2, 0.25) is 0 Å². The molecule has 0 unspecified atom stereocenters. The topological polar surface area (TPSA) is 176 Å². The Morgan fingerprint density at radius 3 is 1.98 bits per heavy atom. The molecule has 0 bridgehead atoms. The number of methoxy groups -OCH3 is 1. The first-order chi connectivity index (χ1) is 21.3. The van der Waals surface area contributed by atoms with Crippen LogP contribution in [-0.2, 0) is 55.7 Å². The van der Waals surface area contributed by atoms with Crippen LogP contribution in [0.5, 0.6) is 11.5 Å². The van der Waals surface area contributed by atoms with Gasteiger partial charge in [0.25, 0.3) is 0 Å². The largest absolute Gasteiger partial charge is 0.513 e. The van der Waals surface area contributed by atoms with E-state index in [-0.39, 0.29) is 18.1 Å². The van der Waals surface area contributed by atoms with Gasteiger partial charge in [-0.1, -0.05) is 19.1 Å². The lowest BCUT2D eigenvalue weighted by Crippen LogP contribution is -2.59. The maximum atomic E-state index is 12.3. The molecule has 0 aliphatic carbocycles. The van der Waals surface area contributed by atoms with E-state index in [1.165, 1.54) is 33.9 Å². The average Bonchev–Trinajstić information content (AvgIpc) is 2.96. The molecule has 14 heteroatoms. The summed E-state index contributed by atoms with van der Waals surface area (Å²) >= 11 is 1.06. The third-order valence-corrected chi connectivity index (χ3v) is 7.96.